The van der Waals surface area contributed by atoms with E-state index in [2.05, 4.69) is 27.2 Å². The third-order valence-electron chi connectivity index (χ3n) is 1.99. The number of halogens is 1. The zero-order valence-corrected chi connectivity index (χ0v) is 11.0. The van der Waals surface area contributed by atoms with E-state index in [1.165, 1.54) is 0 Å². The van der Waals surface area contributed by atoms with Gasteiger partial charge in [0.15, 0.2) is 0 Å². The lowest BCUT2D eigenvalue weighted by Gasteiger charge is -2.18. The van der Waals surface area contributed by atoms with Crippen LogP contribution in [0.2, 0.25) is 0 Å². The number of carboxylic acid groups (broad SMARTS) is 1. The zero-order chi connectivity index (χ0) is 13.5. The van der Waals surface area contributed by atoms with Gasteiger partial charge in [0.05, 0.1) is 6.54 Å². The molecule has 0 aromatic heterocycles. The largest absolute Gasteiger partial charge is 0.480 e. The van der Waals surface area contributed by atoms with Gasteiger partial charge < -0.3 is 15.3 Å². The predicted molar refractivity (Wildman–Crippen MR) is 71.2 cm³/mol. The highest BCUT2D eigenvalue weighted by atomic mass is 79.9. The number of carboxylic acids is 1. The third-order valence-corrected chi connectivity index (χ3v) is 2.52. The Morgan fingerprint density at radius 3 is 2.50 bits per heavy atom. The zero-order valence-electron chi connectivity index (χ0n) is 9.39. The van der Waals surface area contributed by atoms with Gasteiger partial charge in [-0.3, -0.25) is 4.79 Å². The number of rotatable bonds is 4. The fourth-order valence-electron chi connectivity index (χ4n) is 1.21. The molecule has 94 valence electrons. The highest BCUT2D eigenvalue weighted by Crippen LogP contribution is 2.14. The molecule has 1 aromatic rings. The van der Waals surface area contributed by atoms with Crippen LogP contribution in [0, 0.1) is 12.3 Å². The van der Waals surface area contributed by atoms with Gasteiger partial charge in [-0.1, -0.05) is 21.9 Å². The van der Waals surface area contributed by atoms with Gasteiger partial charge in [-0.15, -0.1) is 6.42 Å². The Bertz CT molecular complexity index is 479. The summed E-state index contributed by atoms with van der Waals surface area (Å²) in [5.41, 5.74) is 0.565. The molecule has 0 heterocycles. The first kappa shape index (κ1) is 14.1. The first-order valence-electron chi connectivity index (χ1n) is 4.99. The number of carbonyl (C=O) groups is 2. The van der Waals surface area contributed by atoms with E-state index in [-0.39, 0.29) is 6.54 Å². The quantitative estimate of drug-likeness (QED) is 0.836. The number of hydrogen-bond acceptors (Lipinski definition) is 2. The highest BCUT2D eigenvalue weighted by Gasteiger charge is 2.15. The van der Waals surface area contributed by atoms with Crippen LogP contribution in [0.1, 0.15) is 0 Å². The Kier molecular flexibility index (Phi) is 5.21. The van der Waals surface area contributed by atoms with Crippen molar-refractivity contribution in [2.75, 3.05) is 18.4 Å². The van der Waals surface area contributed by atoms with Crippen molar-refractivity contribution in [3.05, 3.63) is 28.7 Å². The number of terminal acetylenes is 1. The topological polar surface area (TPSA) is 69.6 Å². The number of aliphatic carboxylic acids is 1. The van der Waals surface area contributed by atoms with Crippen molar-refractivity contribution in [2.45, 2.75) is 0 Å². The Morgan fingerprint density at radius 1 is 1.39 bits per heavy atom. The van der Waals surface area contributed by atoms with Crippen LogP contribution < -0.4 is 5.32 Å². The average Bonchev–Trinajstić information content (AvgIpc) is 2.31. The number of hydrogen-bond donors (Lipinski definition) is 2. The van der Waals surface area contributed by atoms with Gasteiger partial charge >= 0.3 is 12.0 Å². The Labute approximate surface area is 113 Å². The fourth-order valence-corrected chi connectivity index (χ4v) is 1.47. The smallest absolute Gasteiger partial charge is 0.323 e. The van der Waals surface area contributed by atoms with E-state index in [0.717, 1.165) is 9.37 Å². The molecular weight excluding hydrogens is 300 g/mol. The van der Waals surface area contributed by atoms with Crippen LogP contribution in [0.3, 0.4) is 0 Å². The van der Waals surface area contributed by atoms with Crippen LogP contribution in [0.5, 0.6) is 0 Å². The highest BCUT2D eigenvalue weighted by molar-refractivity contribution is 9.10. The fraction of sp³-hybridized carbons (Fsp3) is 0.167. The summed E-state index contributed by atoms with van der Waals surface area (Å²) in [6.45, 7) is -0.499. The van der Waals surface area contributed by atoms with Crippen LogP contribution in [-0.2, 0) is 4.79 Å². The summed E-state index contributed by atoms with van der Waals surface area (Å²) in [6.07, 6.45) is 5.09. The van der Waals surface area contributed by atoms with Crippen LogP contribution >= 0.6 is 15.9 Å². The van der Waals surface area contributed by atoms with Gasteiger partial charge in [0, 0.05) is 10.2 Å². The molecule has 0 saturated heterocycles. The summed E-state index contributed by atoms with van der Waals surface area (Å²) >= 11 is 3.27. The molecule has 0 aliphatic carbocycles. The molecule has 5 nitrogen and oxygen atoms in total. The van der Waals surface area contributed by atoms with Crippen molar-refractivity contribution in [3.8, 4) is 12.3 Å². The number of anilines is 1. The first-order chi connectivity index (χ1) is 8.52. The molecular formula is C12H11BrN2O3. The molecule has 1 aromatic carbocycles. The van der Waals surface area contributed by atoms with Gasteiger partial charge in [-0.2, -0.15) is 0 Å². The Balaban J connectivity index is 2.69. The lowest BCUT2D eigenvalue weighted by Crippen LogP contribution is -2.39. The van der Waals surface area contributed by atoms with Crippen LogP contribution in [-0.4, -0.2) is 35.1 Å². The number of nitrogens with zero attached hydrogens (tertiary/aromatic N) is 1. The third kappa shape index (κ3) is 4.47. The van der Waals surface area contributed by atoms with E-state index in [0.29, 0.717) is 5.69 Å². The number of carbonyl (C=O) groups excluding carboxylic acids is 1. The molecule has 0 bridgehead atoms. The predicted octanol–water partition coefficient (Wildman–Crippen LogP) is 2.00. The molecule has 0 saturated carbocycles. The molecule has 0 unspecified atom stereocenters. The normalized spacial score (nSPS) is 9.33. The molecule has 0 radical (unpaired) electrons. The van der Waals surface area contributed by atoms with Crippen molar-refractivity contribution < 1.29 is 14.7 Å². The van der Waals surface area contributed by atoms with E-state index in [4.69, 9.17) is 11.5 Å². The molecule has 2 N–H and O–H groups in total. The average molecular weight is 311 g/mol. The molecule has 0 spiro atoms. The van der Waals surface area contributed by atoms with Crippen molar-refractivity contribution in [1.29, 1.82) is 0 Å². The van der Waals surface area contributed by atoms with E-state index >= 15 is 0 Å². The molecule has 1 rings (SSSR count). The molecule has 0 fully saturated rings. The minimum absolute atomic E-state index is 0.0609. The van der Waals surface area contributed by atoms with E-state index in [9.17, 15) is 9.59 Å². The molecule has 6 heteroatoms. The maximum atomic E-state index is 11.8. The SMILES string of the molecule is C#CCN(CC(=O)O)C(=O)Nc1ccc(Br)cc1. The first-order valence-corrected chi connectivity index (χ1v) is 5.79. The second-order valence-electron chi connectivity index (χ2n) is 3.39. The molecule has 2 amide bonds. The summed E-state index contributed by atoms with van der Waals surface area (Å²) in [5, 5.41) is 11.2. The molecule has 18 heavy (non-hydrogen) atoms. The lowest BCUT2D eigenvalue weighted by molar-refractivity contribution is -0.137. The van der Waals surface area contributed by atoms with Crippen LogP contribution in [0.4, 0.5) is 10.5 Å². The number of benzene rings is 1. The van der Waals surface area contributed by atoms with Crippen molar-refractivity contribution >= 4 is 33.6 Å². The Morgan fingerprint density at radius 2 is 2.00 bits per heavy atom. The molecule has 0 atom stereocenters. The maximum Gasteiger partial charge on any atom is 0.323 e. The monoisotopic (exact) mass is 310 g/mol. The Hall–Kier alpha value is -2.00. The molecule has 0 aliphatic rings. The van der Waals surface area contributed by atoms with E-state index < -0.39 is 18.5 Å². The summed E-state index contributed by atoms with van der Waals surface area (Å²) in [6, 6.07) is 6.36. The minimum Gasteiger partial charge on any atom is -0.480 e. The second-order valence-corrected chi connectivity index (χ2v) is 4.31. The van der Waals surface area contributed by atoms with Gasteiger partial charge in [0.1, 0.15) is 6.54 Å². The van der Waals surface area contributed by atoms with Crippen LogP contribution in [0.25, 0.3) is 0 Å². The summed E-state index contributed by atoms with van der Waals surface area (Å²) in [7, 11) is 0. The van der Waals surface area contributed by atoms with Gasteiger partial charge in [0.2, 0.25) is 0 Å². The van der Waals surface area contributed by atoms with Crippen molar-refractivity contribution in [2.24, 2.45) is 0 Å². The van der Waals surface area contributed by atoms with Gasteiger partial charge in [0.25, 0.3) is 0 Å². The number of amides is 2. The standard InChI is InChI=1S/C12H11BrN2O3/c1-2-7-15(8-11(16)17)12(18)14-10-5-3-9(13)4-6-10/h1,3-6H,7-8H2,(H,14,18)(H,16,17). The van der Waals surface area contributed by atoms with E-state index in [1.807, 2.05) is 0 Å². The van der Waals surface area contributed by atoms with Crippen molar-refractivity contribution in [1.82, 2.24) is 4.90 Å². The summed E-state index contributed by atoms with van der Waals surface area (Å²) in [4.78, 5) is 23.4. The lowest BCUT2D eigenvalue weighted by atomic mass is 10.3. The van der Waals surface area contributed by atoms with Gasteiger partial charge in [-0.25, -0.2) is 4.79 Å². The minimum atomic E-state index is -1.11. The number of urea groups is 1. The van der Waals surface area contributed by atoms with E-state index in [1.54, 1.807) is 24.3 Å². The van der Waals surface area contributed by atoms with Gasteiger partial charge in [-0.05, 0) is 24.3 Å². The molecule has 0 aliphatic heterocycles. The second kappa shape index (κ2) is 6.67. The summed E-state index contributed by atoms with van der Waals surface area (Å²) < 4.78 is 0.881. The number of nitrogens with one attached hydrogen (secondary N) is 1. The van der Waals surface area contributed by atoms with Crippen LogP contribution in [0.15, 0.2) is 28.7 Å². The van der Waals surface area contributed by atoms with Crippen molar-refractivity contribution in [3.63, 3.8) is 0 Å². The summed E-state index contributed by atoms with van der Waals surface area (Å²) in [5.74, 6) is 1.13. The maximum absolute atomic E-state index is 11.8.